The summed E-state index contributed by atoms with van der Waals surface area (Å²) >= 11 is 0. The largest absolute Gasteiger partial charge is 0.383 e. The van der Waals surface area contributed by atoms with Crippen LogP contribution in [0.4, 0.5) is 0 Å². The van der Waals surface area contributed by atoms with Gasteiger partial charge in [-0.3, -0.25) is 4.90 Å². The molecule has 1 aromatic heterocycles. The van der Waals surface area contributed by atoms with Gasteiger partial charge in [0, 0.05) is 20.2 Å². The molecule has 0 saturated heterocycles. The lowest BCUT2D eigenvalue weighted by Crippen LogP contribution is -2.30. The summed E-state index contributed by atoms with van der Waals surface area (Å²) in [6.45, 7) is 9.52. The first-order valence-corrected chi connectivity index (χ1v) is 5.62. The number of aryl methyl sites for hydroxylation is 1. The average molecular weight is 227 g/mol. The van der Waals surface area contributed by atoms with Gasteiger partial charge >= 0.3 is 0 Å². The van der Waals surface area contributed by atoms with Crippen molar-refractivity contribution in [1.29, 1.82) is 0 Å². The minimum absolute atomic E-state index is 0.612. The summed E-state index contributed by atoms with van der Waals surface area (Å²) in [5.41, 5.74) is 0. The fourth-order valence-electron chi connectivity index (χ4n) is 1.57. The van der Waals surface area contributed by atoms with Crippen molar-refractivity contribution in [3.05, 3.63) is 11.7 Å². The number of hydrogen-bond donors (Lipinski definition) is 0. The zero-order valence-corrected chi connectivity index (χ0v) is 10.6. The summed E-state index contributed by atoms with van der Waals surface area (Å²) in [7, 11) is 1.71. The van der Waals surface area contributed by atoms with Gasteiger partial charge < -0.3 is 9.26 Å². The highest BCUT2D eigenvalue weighted by Gasteiger charge is 2.11. The van der Waals surface area contributed by atoms with Crippen LogP contribution in [0.2, 0.25) is 0 Å². The molecule has 1 aromatic rings. The third-order valence-corrected chi connectivity index (χ3v) is 2.16. The van der Waals surface area contributed by atoms with Crippen LogP contribution in [0.1, 0.15) is 25.6 Å². The SMILES string of the molecule is COCCN(Cc1nc(C)no1)CC(C)C. The van der Waals surface area contributed by atoms with E-state index >= 15 is 0 Å². The van der Waals surface area contributed by atoms with Crippen molar-refractivity contribution in [2.75, 3.05) is 26.8 Å². The second-order valence-electron chi connectivity index (χ2n) is 4.36. The Balaban J connectivity index is 2.48. The molecule has 0 radical (unpaired) electrons. The van der Waals surface area contributed by atoms with Crippen molar-refractivity contribution < 1.29 is 9.26 Å². The van der Waals surface area contributed by atoms with Gasteiger partial charge in [0.25, 0.3) is 0 Å². The molecule has 0 amide bonds. The molecular weight excluding hydrogens is 206 g/mol. The Morgan fingerprint density at radius 2 is 2.19 bits per heavy atom. The van der Waals surface area contributed by atoms with E-state index in [0.717, 1.165) is 19.7 Å². The predicted octanol–water partition coefficient (Wildman–Crippen LogP) is 1.48. The summed E-state index contributed by atoms with van der Waals surface area (Å²) in [5.74, 6) is 1.97. The Hall–Kier alpha value is -0.940. The van der Waals surface area contributed by atoms with E-state index in [2.05, 4.69) is 28.9 Å². The van der Waals surface area contributed by atoms with Crippen LogP contribution in [-0.2, 0) is 11.3 Å². The molecule has 0 bridgehead atoms. The summed E-state index contributed by atoms with van der Waals surface area (Å²) in [6, 6.07) is 0. The van der Waals surface area contributed by atoms with Gasteiger partial charge in [-0.15, -0.1) is 0 Å². The molecule has 0 aliphatic heterocycles. The standard InChI is InChI=1S/C11H21N3O2/c1-9(2)7-14(5-6-15-4)8-11-12-10(3)13-16-11/h9H,5-8H2,1-4H3. The van der Waals surface area contributed by atoms with Crippen molar-refractivity contribution in [3.8, 4) is 0 Å². The summed E-state index contributed by atoms with van der Waals surface area (Å²) in [4.78, 5) is 6.47. The minimum Gasteiger partial charge on any atom is -0.383 e. The number of hydrogen-bond acceptors (Lipinski definition) is 5. The highest BCUT2D eigenvalue weighted by molar-refractivity contribution is 4.83. The molecule has 0 N–H and O–H groups in total. The van der Waals surface area contributed by atoms with Gasteiger partial charge in [-0.25, -0.2) is 0 Å². The van der Waals surface area contributed by atoms with Crippen LogP contribution in [0.15, 0.2) is 4.52 Å². The van der Waals surface area contributed by atoms with Crippen molar-refractivity contribution in [2.24, 2.45) is 5.92 Å². The molecular formula is C11H21N3O2. The molecule has 1 rings (SSSR count). The maximum Gasteiger partial charge on any atom is 0.240 e. The fraction of sp³-hybridized carbons (Fsp3) is 0.818. The predicted molar refractivity (Wildman–Crippen MR) is 61.0 cm³/mol. The van der Waals surface area contributed by atoms with Gasteiger partial charge in [-0.2, -0.15) is 4.98 Å². The highest BCUT2D eigenvalue weighted by Crippen LogP contribution is 2.05. The van der Waals surface area contributed by atoms with Crippen LogP contribution < -0.4 is 0 Å². The quantitative estimate of drug-likeness (QED) is 0.706. The Bertz CT molecular complexity index is 299. The molecule has 0 atom stereocenters. The second kappa shape index (κ2) is 6.60. The van der Waals surface area contributed by atoms with E-state index in [-0.39, 0.29) is 0 Å². The van der Waals surface area contributed by atoms with Crippen LogP contribution >= 0.6 is 0 Å². The molecule has 5 nitrogen and oxygen atoms in total. The average Bonchev–Trinajstić information content (AvgIpc) is 2.59. The van der Waals surface area contributed by atoms with Crippen LogP contribution in [0.3, 0.4) is 0 Å². The molecule has 1 heterocycles. The summed E-state index contributed by atoms with van der Waals surface area (Å²) in [6.07, 6.45) is 0. The molecule has 0 aliphatic carbocycles. The minimum atomic E-state index is 0.612. The molecule has 16 heavy (non-hydrogen) atoms. The van der Waals surface area contributed by atoms with Gasteiger partial charge in [-0.05, 0) is 12.8 Å². The molecule has 0 fully saturated rings. The first-order chi connectivity index (χ1) is 7.61. The smallest absolute Gasteiger partial charge is 0.240 e. The number of aromatic nitrogens is 2. The molecule has 0 unspecified atom stereocenters. The lowest BCUT2D eigenvalue weighted by Gasteiger charge is -2.21. The van der Waals surface area contributed by atoms with Crippen LogP contribution in [-0.4, -0.2) is 41.8 Å². The summed E-state index contributed by atoms with van der Waals surface area (Å²) < 4.78 is 10.2. The Morgan fingerprint density at radius 3 is 2.69 bits per heavy atom. The molecule has 0 aliphatic rings. The van der Waals surface area contributed by atoms with Crippen molar-refractivity contribution in [2.45, 2.75) is 27.3 Å². The topological polar surface area (TPSA) is 51.4 Å². The normalized spacial score (nSPS) is 11.6. The molecule has 0 aromatic carbocycles. The van der Waals surface area contributed by atoms with Gasteiger partial charge in [-0.1, -0.05) is 19.0 Å². The summed E-state index contributed by atoms with van der Waals surface area (Å²) in [5, 5.41) is 3.79. The van der Waals surface area contributed by atoms with Crippen molar-refractivity contribution >= 4 is 0 Å². The highest BCUT2D eigenvalue weighted by atomic mass is 16.5. The Kier molecular flexibility index (Phi) is 5.42. The monoisotopic (exact) mass is 227 g/mol. The Morgan fingerprint density at radius 1 is 1.44 bits per heavy atom. The third kappa shape index (κ3) is 4.72. The third-order valence-electron chi connectivity index (χ3n) is 2.16. The lowest BCUT2D eigenvalue weighted by atomic mass is 10.2. The zero-order valence-electron chi connectivity index (χ0n) is 10.6. The van der Waals surface area contributed by atoms with E-state index in [9.17, 15) is 0 Å². The number of nitrogens with zero attached hydrogens (tertiary/aromatic N) is 3. The van der Waals surface area contributed by atoms with E-state index < -0.39 is 0 Å². The van der Waals surface area contributed by atoms with E-state index in [1.807, 2.05) is 6.92 Å². The number of rotatable bonds is 7. The van der Waals surface area contributed by atoms with Crippen LogP contribution in [0.5, 0.6) is 0 Å². The zero-order chi connectivity index (χ0) is 12.0. The first kappa shape index (κ1) is 13.1. The van der Waals surface area contributed by atoms with Gasteiger partial charge in [0.1, 0.15) is 0 Å². The van der Waals surface area contributed by atoms with E-state index in [4.69, 9.17) is 9.26 Å². The second-order valence-corrected chi connectivity index (χ2v) is 4.36. The van der Waals surface area contributed by atoms with Gasteiger partial charge in [0.05, 0.1) is 13.2 Å². The molecule has 0 spiro atoms. The maximum absolute atomic E-state index is 5.11. The molecule has 0 saturated carbocycles. The maximum atomic E-state index is 5.11. The molecule has 5 heteroatoms. The Labute approximate surface area is 96.8 Å². The number of methoxy groups -OCH3 is 1. The van der Waals surface area contributed by atoms with Crippen molar-refractivity contribution in [3.63, 3.8) is 0 Å². The fourth-order valence-corrected chi connectivity index (χ4v) is 1.57. The van der Waals surface area contributed by atoms with E-state index in [0.29, 0.717) is 24.2 Å². The van der Waals surface area contributed by atoms with Crippen LogP contribution in [0, 0.1) is 12.8 Å². The van der Waals surface area contributed by atoms with Crippen LogP contribution in [0.25, 0.3) is 0 Å². The number of ether oxygens (including phenoxy) is 1. The first-order valence-electron chi connectivity index (χ1n) is 5.62. The van der Waals surface area contributed by atoms with Crippen molar-refractivity contribution in [1.82, 2.24) is 15.0 Å². The van der Waals surface area contributed by atoms with Gasteiger partial charge in [0.2, 0.25) is 5.89 Å². The lowest BCUT2D eigenvalue weighted by molar-refractivity contribution is 0.127. The van der Waals surface area contributed by atoms with E-state index in [1.165, 1.54) is 0 Å². The van der Waals surface area contributed by atoms with E-state index in [1.54, 1.807) is 7.11 Å². The molecule has 92 valence electrons. The van der Waals surface area contributed by atoms with Gasteiger partial charge in [0.15, 0.2) is 5.82 Å².